The molecule has 2 rings (SSSR count). The molecule has 0 aliphatic rings. The number of hydrogen-bond donors (Lipinski definition) is 1. The number of aromatic nitrogens is 2. The number of nitrogens with one attached hydrogen (secondary N) is 1. The molecular weight excluding hydrogens is 314 g/mol. The van der Waals surface area contributed by atoms with Crippen molar-refractivity contribution in [1.82, 2.24) is 15.3 Å². The van der Waals surface area contributed by atoms with Gasteiger partial charge >= 0.3 is 0 Å². The Hall–Kier alpha value is -1.27. The minimum atomic E-state index is -0.198. The molecule has 0 aromatic carbocycles. The summed E-state index contributed by atoms with van der Waals surface area (Å²) in [6.45, 7) is 2.52. The van der Waals surface area contributed by atoms with Gasteiger partial charge in [-0.05, 0) is 34.5 Å². The van der Waals surface area contributed by atoms with Crippen LogP contribution in [-0.4, -0.2) is 15.9 Å². The minimum Gasteiger partial charge on any atom is -0.344 e. The second kappa shape index (κ2) is 6.06. The Kier molecular flexibility index (Phi) is 4.43. The fourth-order valence-electron chi connectivity index (χ4n) is 1.39. The highest BCUT2D eigenvalue weighted by atomic mass is 79.9. The number of aryl methyl sites for hydroxylation is 1. The summed E-state index contributed by atoms with van der Waals surface area (Å²) in [6.07, 6.45) is 4.42. The molecular formula is C12H12BrN3OS. The monoisotopic (exact) mass is 325 g/mol. The Balaban J connectivity index is 1.98. The lowest BCUT2D eigenvalue weighted by atomic mass is 10.3. The summed E-state index contributed by atoms with van der Waals surface area (Å²) in [4.78, 5) is 21.4. The van der Waals surface area contributed by atoms with Crippen molar-refractivity contribution in [2.75, 3.05) is 0 Å². The predicted octanol–water partition coefficient (Wildman–Crippen LogP) is 2.79. The van der Waals surface area contributed by atoms with Crippen LogP contribution in [-0.2, 0) is 13.0 Å². The molecule has 6 heteroatoms. The Morgan fingerprint density at radius 3 is 3.00 bits per heavy atom. The molecule has 0 bridgehead atoms. The Morgan fingerprint density at radius 2 is 2.33 bits per heavy atom. The Morgan fingerprint density at radius 1 is 1.50 bits per heavy atom. The molecule has 2 aromatic heterocycles. The van der Waals surface area contributed by atoms with Gasteiger partial charge in [-0.2, -0.15) is 0 Å². The Labute approximate surface area is 118 Å². The fraction of sp³-hybridized carbons (Fsp3) is 0.250. The molecule has 0 aliphatic heterocycles. The van der Waals surface area contributed by atoms with Crippen molar-refractivity contribution in [3.63, 3.8) is 0 Å². The first kappa shape index (κ1) is 13.2. The van der Waals surface area contributed by atoms with Crippen LogP contribution in [0.1, 0.15) is 27.3 Å². The molecule has 0 radical (unpaired) electrons. The minimum absolute atomic E-state index is 0.198. The molecule has 1 amide bonds. The molecule has 0 unspecified atom stereocenters. The molecule has 2 aromatic rings. The summed E-state index contributed by atoms with van der Waals surface area (Å²) in [5.41, 5.74) is 0.393. The van der Waals surface area contributed by atoms with E-state index >= 15 is 0 Å². The number of pyridine rings is 1. The number of rotatable bonds is 4. The number of amides is 1. The number of carbonyl (C=O) groups excluding carboxylic acids is 1. The van der Waals surface area contributed by atoms with E-state index in [0.29, 0.717) is 16.7 Å². The standard InChI is InChI=1S/C12H12BrN3OS/c1-2-8-6-15-10(18-8)7-16-12(17)11-9(13)4-3-5-14-11/h3-6H,2,7H2,1H3,(H,16,17). The van der Waals surface area contributed by atoms with Crippen LogP contribution >= 0.6 is 27.3 Å². The van der Waals surface area contributed by atoms with Crippen LogP contribution in [0, 0.1) is 0 Å². The van der Waals surface area contributed by atoms with Gasteiger partial charge in [-0.25, -0.2) is 9.97 Å². The summed E-state index contributed by atoms with van der Waals surface area (Å²) < 4.78 is 0.691. The highest BCUT2D eigenvalue weighted by molar-refractivity contribution is 9.10. The lowest BCUT2D eigenvalue weighted by Gasteiger charge is -2.03. The van der Waals surface area contributed by atoms with Crippen molar-refractivity contribution in [2.24, 2.45) is 0 Å². The number of halogens is 1. The van der Waals surface area contributed by atoms with Crippen LogP contribution in [0.3, 0.4) is 0 Å². The average Bonchev–Trinajstić information content (AvgIpc) is 2.84. The fourth-order valence-corrected chi connectivity index (χ4v) is 2.62. The normalized spacial score (nSPS) is 10.3. The molecule has 94 valence electrons. The number of carbonyl (C=O) groups is 1. The first-order valence-corrected chi connectivity index (χ1v) is 7.14. The van der Waals surface area contributed by atoms with Crippen LogP contribution in [0.25, 0.3) is 0 Å². The molecule has 18 heavy (non-hydrogen) atoms. The summed E-state index contributed by atoms with van der Waals surface area (Å²) >= 11 is 4.92. The van der Waals surface area contributed by atoms with E-state index in [4.69, 9.17) is 0 Å². The van der Waals surface area contributed by atoms with E-state index < -0.39 is 0 Å². The van der Waals surface area contributed by atoms with E-state index in [2.05, 4.69) is 38.1 Å². The number of thiazole rings is 1. The van der Waals surface area contributed by atoms with Crippen LogP contribution in [0.2, 0.25) is 0 Å². The van der Waals surface area contributed by atoms with Crippen molar-refractivity contribution in [3.8, 4) is 0 Å². The van der Waals surface area contributed by atoms with Crippen molar-refractivity contribution in [2.45, 2.75) is 19.9 Å². The SMILES string of the molecule is CCc1cnc(CNC(=O)c2ncccc2Br)s1. The van der Waals surface area contributed by atoms with Gasteiger partial charge in [-0.15, -0.1) is 11.3 Å². The molecule has 0 fully saturated rings. The third-order valence-electron chi connectivity index (χ3n) is 2.32. The van der Waals surface area contributed by atoms with Gasteiger partial charge in [0.2, 0.25) is 0 Å². The van der Waals surface area contributed by atoms with Crippen LogP contribution in [0.5, 0.6) is 0 Å². The van der Waals surface area contributed by atoms with E-state index in [-0.39, 0.29) is 5.91 Å². The lowest BCUT2D eigenvalue weighted by Crippen LogP contribution is -2.24. The predicted molar refractivity (Wildman–Crippen MR) is 74.6 cm³/mol. The van der Waals surface area contributed by atoms with E-state index in [9.17, 15) is 4.79 Å². The van der Waals surface area contributed by atoms with Gasteiger partial charge < -0.3 is 5.32 Å². The zero-order valence-electron chi connectivity index (χ0n) is 9.81. The Bertz CT molecular complexity index is 556. The largest absolute Gasteiger partial charge is 0.344 e. The zero-order valence-corrected chi connectivity index (χ0v) is 12.2. The molecule has 0 aliphatic carbocycles. The van der Waals surface area contributed by atoms with Gasteiger partial charge in [0.25, 0.3) is 5.91 Å². The van der Waals surface area contributed by atoms with Gasteiger partial charge in [-0.1, -0.05) is 6.92 Å². The van der Waals surface area contributed by atoms with Crippen molar-refractivity contribution >= 4 is 33.2 Å². The van der Waals surface area contributed by atoms with Crippen molar-refractivity contribution in [1.29, 1.82) is 0 Å². The summed E-state index contributed by atoms with van der Waals surface area (Å²) in [7, 11) is 0. The number of hydrogen-bond acceptors (Lipinski definition) is 4. The van der Waals surface area contributed by atoms with E-state index in [1.807, 2.05) is 6.20 Å². The second-order valence-electron chi connectivity index (χ2n) is 3.59. The second-order valence-corrected chi connectivity index (χ2v) is 5.64. The highest BCUT2D eigenvalue weighted by Crippen LogP contribution is 2.15. The third kappa shape index (κ3) is 3.14. The van der Waals surface area contributed by atoms with Gasteiger partial charge in [0, 0.05) is 21.7 Å². The van der Waals surface area contributed by atoms with Crippen LogP contribution in [0.4, 0.5) is 0 Å². The molecule has 0 saturated carbocycles. The summed E-state index contributed by atoms with van der Waals surface area (Å²) in [5.74, 6) is -0.198. The summed E-state index contributed by atoms with van der Waals surface area (Å²) in [5, 5.41) is 3.72. The zero-order chi connectivity index (χ0) is 13.0. The smallest absolute Gasteiger partial charge is 0.271 e. The summed E-state index contributed by atoms with van der Waals surface area (Å²) in [6, 6.07) is 3.57. The van der Waals surface area contributed by atoms with E-state index in [1.54, 1.807) is 29.7 Å². The average molecular weight is 326 g/mol. The topological polar surface area (TPSA) is 54.9 Å². The van der Waals surface area contributed by atoms with Crippen molar-refractivity contribution in [3.05, 3.63) is 44.6 Å². The number of nitrogens with zero attached hydrogens (tertiary/aromatic N) is 2. The first-order chi connectivity index (χ1) is 8.70. The van der Waals surface area contributed by atoms with E-state index in [0.717, 1.165) is 11.4 Å². The third-order valence-corrected chi connectivity index (χ3v) is 4.11. The maximum absolute atomic E-state index is 11.9. The molecule has 0 spiro atoms. The van der Waals surface area contributed by atoms with Crippen molar-refractivity contribution < 1.29 is 4.79 Å². The molecule has 0 atom stereocenters. The van der Waals surface area contributed by atoms with E-state index in [1.165, 1.54) is 4.88 Å². The van der Waals surface area contributed by atoms with Crippen LogP contribution < -0.4 is 5.32 Å². The van der Waals surface area contributed by atoms with Gasteiger partial charge in [0.1, 0.15) is 10.7 Å². The quantitative estimate of drug-likeness (QED) is 0.940. The molecule has 4 nitrogen and oxygen atoms in total. The first-order valence-electron chi connectivity index (χ1n) is 5.53. The molecule has 2 heterocycles. The molecule has 1 N–H and O–H groups in total. The highest BCUT2D eigenvalue weighted by Gasteiger charge is 2.11. The lowest BCUT2D eigenvalue weighted by molar-refractivity contribution is 0.0945. The maximum atomic E-state index is 11.9. The van der Waals surface area contributed by atoms with Crippen LogP contribution in [0.15, 0.2) is 29.0 Å². The maximum Gasteiger partial charge on any atom is 0.271 e. The van der Waals surface area contributed by atoms with Gasteiger partial charge in [0.15, 0.2) is 0 Å². The van der Waals surface area contributed by atoms with Gasteiger partial charge in [-0.3, -0.25) is 4.79 Å². The van der Waals surface area contributed by atoms with Gasteiger partial charge in [0.05, 0.1) is 6.54 Å². The molecule has 0 saturated heterocycles.